The van der Waals surface area contributed by atoms with E-state index < -0.39 is 27.4 Å². The summed E-state index contributed by atoms with van der Waals surface area (Å²) in [5, 5.41) is 8.75. The van der Waals surface area contributed by atoms with Crippen LogP contribution in [0.25, 0.3) is 5.57 Å². The molecule has 8 heteroatoms. The highest BCUT2D eigenvalue weighted by molar-refractivity contribution is 7.86. The summed E-state index contributed by atoms with van der Waals surface area (Å²) in [6.45, 7) is 4.61. The van der Waals surface area contributed by atoms with Gasteiger partial charge in [0, 0.05) is 30.3 Å². The molecule has 7 nitrogen and oxygen atoms in total. The van der Waals surface area contributed by atoms with Gasteiger partial charge in [0.15, 0.2) is 0 Å². The van der Waals surface area contributed by atoms with Crippen LogP contribution in [0.5, 0.6) is 5.75 Å². The van der Waals surface area contributed by atoms with E-state index in [1.165, 1.54) is 0 Å². The Kier molecular flexibility index (Phi) is 6.54. The van der Waals surface area contributed by atoms with Gasteiger partial charge in [0.1, 0.15) is 5.75 Å². The van der Waals surface area contributed by atoms with Gasteiger partial charge in [-0.15, -0.1) is 0 Å². The molecule has 0 saturated carbocycles. The third kappa shape index (κ3) is 5.71. The minimum atomic E-state index is -4.41. The summed E-state index contributed by atoms with van der Waals surface area (Å²) in [5.41, 5.74) is 1.53. The van der Waals surface area contributed by atoms with Crippen molar-refractivity contribution in [3.05, 3.63) is 29.8 Å². The summed E-state index contributed by atoms with van der Waals surface area (Å²) in [6, 6.07) is 5.37. The van der Waals surface area contributed by atoms with Crippen LogP contribution in [-0.4, -0.2) is 49.0 Å². The number of carboxylic acids is 1. The van der Waals surface area contributed by atoms with Crippen molar-refractivity contribution in [2.24, 2.45) is 0 Å². The first-order valence-corrected chi connectivity index (χ1v) is 10.4. The van der Waals surface area contributed by atoms with Crippen LogP contribution in [0.1, 0.15) is 45.1 Å². The van der Waals surface area contributed by atoms with Gasteiger partial charge in [-0.05, 0) is 44.4 Å². The Bertz CT molecular complexity index is 829. The Morgan fingerprint density at radius 1 is 1.26 bits per heavy atom. The van der Waals surface area contributed by atoms with Gasteiger partial charge in [-0.25, -0.2) is 8.42 Å². The first kappa shape index (κ1) is 21.2. The van der Waals surface area contributed by atoms with Crippen LogP contribution < -0.4 is 9.64 Å². The molecule has 2 rings (SSSR count). The number of anilines is 1. The molecule has 1 aliphatic rings. The quantitative estimate of drug-likeness (QED) is 0.505. The lowest BCUT2D eigenvalue weighted by atomic mass is 9.88. The molecule has 0 radical (unpaired) electrons. The summed E-state index contributed by atoms with van der Waals surface area (Å²) < 4.78 is 39.3. The standard InChI is InChI=1S/C19H27NO6S/c1-19(2)12-14(13-27(23,24)25)16-9-8-15(26-3)11-17(16)20(19)10-6-4-5-7-18(21)22/h8-9,11-12H,4-7,10,13H2,1-3H3,(H,21,22)(H,23,24,25)/p-1. The SMILES string of the molecule is COc1ccc2c(c1)N(CCCCCC(=O)O)C(C)(C)C=C2CS(=O)(=O)[O-]. The van der Waals surface area contributed by atoms with E-state index in [2.05, 4.69) is 4.90 Å². The normalized spacial score (nSPS) is 15.9. The van der Waals surface area contributed by atoms with E-state index >= 15 is 0 Å². The van der Waals surface area contributed by atoms with Gasteiger partial charge < -0.3 is 19.3 Å². The third-order valence-electron chi connectivity index (χ3n) is 4.67. The van der Waals surface area contributed by atoms with Crippen LogP contribution >= 0.6 is 0 Å². The Morgan fingerprint density at radius 3 is 2.56 bits per heavy atom. The van der Waals surface area contributed by atoms with Crippen molar-refractivity contribution in [1.29, 1.82) is 0 Å². The summed E-state index contributed by atoms with van der Waals surface area (Å²) in [5.74, 6) is -0.705. The van der Waals surface area contributed by atoms with E-state index in [9.17, 15) is 17.8 Å². The molecule has 0 bridgehead atoms. The highest BCUT2D eigenvalue weighted by Crippen LogP contribution is 2.41. The maximum absolute atomic E-state index is 11.3. The Morgan fingerprint density at radius 2 is 1.96 bits per heavy atom. The van der Waals surface area contributed by atoms with Gasteiger partial charge in [0.25, 0.3) is 0 Å². The molecule has 1 aliphatic heterocycles. The number of hydrogen-bond acceptors (Lipinski definition) is 6. The van der Waals surface area contributed by atoms with Crippen LogP contribution in [0.3, 0.4) is 0 Å². The number of aliphatic carboxylic acids is 1. The number of benzene rings is 1. The fraction of sp³-hybridized carbons (Fsp3) is 0.526. The van der Waals surface area contributed by atoms with Crippen LogP contribution in [-0.2, 0) is 14.9 Å². The molecule has 0 spiro atoms. The summed E-state index contributed by atoms with van der Waals surface area (Å²) in [4.78, 5) is 12.8. The maximum Gasteiger partial charge on any atom is 0.303 e. The largest absolute Gasteiger partial charge is 0.748 e. The molecule has 0 saturated heterocycles. The fourth-order valence-electron chi connectivity index (χ4n) is 3.47. The second kappa shape index (κ2) is 8.31. The number of fused-ring (bicyclic) bond motifs is 1. The smallest absolute Gasteiger partial charge is 0.303 e. The predicted molar refractivity (Wildman–Crippen MR) is 103 cm³/mol. The van der Waals surface area contributed by atoms with E-state index in [1.54, 1.807) is 19.2 Å². The molecule has 0 aliphatic carbocycles. The molecule has 1 aromatic rings. The second-order valence-corrected chi connectivity index (χ2v) is 8.67. The summed E-state index contributed by atoms with van der Waals surface area (Å²) in [6.07, 6.45) is 4.18. The van der Waals surface area contributed by atoms with Crippen molar-refractivity contribution in [2.75, 3.05) is 24.3 Å². The summed E-state index contributed by atoms with van der Waals surface area (Å²) in [7, 11) is -2.85. The van der Waals surface area contributed by atoms with Crippen molar-refractivity contribution >= 4 is 27.3 Å². The molecular formula is C19H26NO6S-. The van der Waals surface area contributed by atoms with Crippen molar-refractivity contribution in [3.8, 4) is 5.75 Å². The lowest BCUT2D eigenvalue weighted by Gasteiger charge is -2.44. The Hall–Kier alpha value is -2.06. The average Bonchev–Trinajstić information content (AvgIpc) is 2.54. The van der Waals surface area contributed by atoms with Crippen LogP contribution in [0, 0.1) is 0 Å². The number of ether oxygens (including phenoxy) is 1. The fourth-order valence-corrected chi connectivity index (χ4v) is 4.09. The predicted octanol–water partition coefficient (Wildman–Crippen LogP) is 2.87. The lowest BCUT2D eigenvalue weighted by molar-refractivity contribution is -0.137. The minimum Gasteiger partial charge on any atom is -0.748 e. The van der Waals surface area contributed by atoms with E-state index in [1.807, 2.05) is 26.0 Å². The Labute approximate surface area is 160 Å². The first-order chi connectivity index (χ1) is 12.5. The number of methoxy groups -OCH3 is 1. The molecular weight excluding hydrogens is 370 g/mol. The molecule has 1 heterocycles. The maximum atomic E-state index is 11.3. The number of carbonyl (C=O) groups is 1. The van der Waals surface area contributed by atoms with Gasteiger partial charge in [0.2, 0.25) is 0 Å². The molecule has 27 heavy (non-hydrogen) atoms. The van der Waals surface area contributed by atoms with Crippen molar-refractivity contribution in [3.63, 3.8) is 0 Å². The summed E-state index contributed by atoms with van der Waals surface area (Å²) >= 11 is 0. The van der Waals surface area contributed by atoms with E-state index in [0.29, 0.717) is 29.9 Å². The highest BCUT2D eigenvalue weighted by atomic mass is 32.2. The highest BCUT2D eigenvalue weighted by Gasteiger charge is 2.32. The van der Waals surface area contributed by atoms with Gasteiger partial charge in [0.05, 0.1) is 28.5 Å². The van der Waals surface area contributed by atoms with Gasteiger partial charge >= 0.3 is 5.97 Å². The Balaban J connectivity index is 2.31. The number of carboxylic acid groups (broad SMARTS) is 1. The molecule has 1 aromatic carbocycles. The van der Waals surface area contributed by atoms with E-state index in [4.69, 9.17) is 9.84 Å². The van der Waals surface area contributed by atoms with E-state index in [0.717, 1.165) is 18.5 Å². The van der Waals surface area contributed by atoms with Gasteiger partial charge in [-0.3, -0.25) is 4.79 Å². The molecule has 1 N–H and O–H groups in total. The van der Waals surface area contributed by atoms with Crippen LogP contribution in [0.4, 0.5) is 5.69 Å². The molecule has 0 unspecified atom stereocenters. The molecule has 150 valence electrons. The molecule has 0 amide bonds. The van der Waals surface area contributed by atoms with Gasteiger partial charge in [-0.1, -0.05) is 12.5 Å². The number of rotatable bonds is 9. The zero-order valence-electron chi connectivity index (χ0n) is 15.9. The molecule has 0 fully saturated rings. The first-order valence-electron chi connectivity index (χ1n) is 8.86. The number of nitrogens with zero attached hydrogens (tertiary/aromatic N) is 1. The molecule has 0 atom stereocenters. The zero-order valence-corrected chi connectivity index (χ0v) is 16.7. The minimum absolute atomic E-state index is 0.152. The van der Waals surface area contributed by atoms with Crippen molar-refractivity contribution in [2.45, 2.75) is 45.1 Å². The monoisotopic (exact) mass is 396 g/mol. The number of hydrogen-bond donors (Lipinski definition) is 1. The topological polar surface area (TPSA) is 107 Å². The lowest BCUT2D eigenvalue weighted by Crippen LogP contribution is -2.46. The third-order valence-corrected chi connectivity index (χ3v) is 5.33. The zero-order chi connectivity index (χ0) is 20.2. The van der Waals surface area contributed by atoms with Gasteiger partial charge in [-0.2, -0.15) is 0 Å². The van der Waals surface area contributed by atoms with Crippen molar-refractivity contribution < 1.29 is 27.6 Å². The number of unbranched alkanes of at least 4 members (excludes halogenated alkanes) is 2. The van der Waals surface area contributed by atoms with E-state index in [-0.39, 0.29) is 6.42 Å². The van der Waals surface area contributed by atoms with Crippen LogP contribution in [0.2, 0.25) is 0 Å². The van der Waals surface area contributed by atoms with Crippen molar-refractivity contribution in [1.82, 2.24) is 0 Å². The molecule has 0 aromatic heterocycles. The van der Waals surface area contributed by atoms with Crippen LogP contribution in [0.15, 0.2) is 24.3 Å². The second-order valence-electron chi connectivity index (χ2n) is 7.26. The average molecular weight is 396 g/mol.